The first-order valence-corrected chi connectivity index (χ1v) is 7.13. The Labute approximate surface area is 117 Å². The Morgan fingerprint density at radius 3 is 2.32 bits per heavy atom. The van der Waals surface area contributed by atoms with Gasteiger partial charge >= 0.3 is 0 Å². The van der Waals surface area contributed by atoms with Gasteiger partial charge in [0.15, 0.2) is 0 Å². The number of aryl methyl sites for hydroxylation is 1. The maximum Gasteiger partial charge on any atom is 0.115 e. The molecule has 3 nitrogen and oxygen atoms in total. The van der Waals surface area contributed by atoms with Crippen LogP contribution < -0.4 is 10.6 Å². The van der Waals surface area contributed by atoms with Crippen molar-refractivity contribution < 1.29 is 5.11 Å². The predicted molar refractivity (Wildman–Crippen MR) is 81.6 cm³/mol. The van der Waals surface area contributed by atoms with E-state index in [1.807, 2.05) is 12.1 Å². The van der Waals surface area contributed by atoms with Crippen LogP contribution >= 0.6 is 0 Å². The van der Waals surface area contributed by atoms with E-state index in [0.717, 1.165) is 25.9 Å². The van der Waals surface area contributed by atoms with Crippen LogP contribution in [0.1, 0.15) is 39.7 Å². The minimum Gasteiger partial charge on any atom is -0.508 e. The first-order valence-electron chi connectivity index (χ1n) is 7.13. The van der Waals surface area contributed by atoms with Gasteiger partial charge in [0.1, 0.15) is 5.75 Å². The van der Waals surface area contributed by atoms with Gasteiger partial charge < -0.3 is 15.7 Å². The van der Waals surface area contributed by atoms with Crippen molar-refractivity contribution in [3.63, 3.8) is 0 Å². The summed E-state index contributed by atoms with van der Waals surface area (Å²) in [7, 11) is 0. The molecule has 0 radical (unpaired) electrons. The third-order valence-electron chi connectivity index (χ3n) is 3.08. The fraction of sp³-hybridized carbons (Fsp3) is 0.625. The molecule has 3 heteroatoms. The quantitative estimate of drug-likeness (QED) is 0.663. The smallest absolute Gasteiger partial charge is 0.115 e. The number of benzene rings is 1. The van der Waals surface area contributed by atoms with E-state index < -0.39 is 0 Å². The molecule has 0 amide bonds. The summed E-state index contributed by atoms with van der Waals surface area (Å²) in [5.74, 6) is 0.336. The molecule has 0 fully saturated rings. The van der Waals surface area contributed by atoms with Crippen LogP contribution in [0, 0.1) is 0 Å². The van der Waals surface area contributed by atoms with Gasteiger partial charge in [-0.25, -0.2) is 0 Å². The number of phenolic OH excluding ortho intramolecular Hbond substituents is 1. The minimum atomic E-state index is 0.191. The molecular weight excluding hydrogens is 236 g/mol. The maximum atomic E-state index is 9.22. The number of nitrogens with one attached hydrogen (secondary N) is 2. The molecule has 108 valence electrons. The number of rotatable bonds is 7. The van der Waals surface area contributed by atoms with Gasteiger partial charge in [-0.05, 0) is 58.2 Å². The Morgan fingerprint density at radius 1 is 1.11 bits per heavy atom. The van der Waals surface area contributed by atoms with Crippen molar-refractivity contribution in [1.29, 1.82) is 0 Å². The van der Waals surface area contributed by atoms with E-state index in [1.54, 1.807) is 12.1 Å². The number of hydrogen-bond donors (Lipinski definition) is 3. The fourth-order valence-corrected chi connectivity index (χ4v) is 1.90. The molecule has 1 aromatic rings. The molecule has 3 N–H and O–H groups in total. The van der Waals surface area contributed by atoms with Crippen LogP contribution in [-0.2, 0) is 6.42 Å². The zero-order valence-corrected chi connectivity index (χ0v) is 12.7. The van der Waals surface area contributed by atoms with E-state index >= 15 is 0 Å². The normalized spacial score (nSPS) is 13.5. The molecule has 0 aliphatic rings. The largest absolute Gasteiger partial charge is 0.508 e. The van der Waals surface area contributed by atoms with Crippen LogP contribution in [0.2, 0.25) is 0 Å². The van der Waals surface area contributed by atoms with Gasteiger partial charge in [0, 0.05) is 24.7 Å². The van der Waals surface area contributed by atoms with Crippen LogP contribution in [0.5, 0.6) is 5.75 Å². The molecule has 1 rings (SSSR count). The molecule has 19 heavy (non-hydrogen) atoms. The maximum absolute atomic E-state index is 9.22. The molecule has 0 spiro atoms. The van der Waals surface area contributed by atoms with Gasteiger partial charge in [-0.1, -0.05) is 12.1 Å². The number of hydrogen-bond acceptors (Lipinski definition) is 3. The van der Waals surface area contributed by atoms with E-state index in [4.69, 9.17) is 0 Å². The van der Waals surface area contributed by atoms with Crippen LogP contribution in [0.25, 0.3) is 0 Å². The van der Waals surface area contributed by atoms with Gasteiger partial charge in [-0.15, -0.1) is 0 Å². The zero-order valence-electron chi connectivity index (χ0n) is 12.7. The minimum absolute atomic E-state index is 0.191. The highest BCUT2D eigenvalue weighted by Crippen LogP contribution is 2.11. The van der Waals surface area contributed by atoms with Crippen LogP contribution in [-0.4, -0.2) is 29.8 Å². The Balaban J connectivity index is 2.14. The lowest BCUT2D eigenvalue weighted by Crippen LogP contribution is -2.41. The van der Waals surface area contributed by atoms with Crippen LogP contribution in [0.3, 0.4) is 0 Å². The average molecular weight is 264 g/mol. The van der Waals surface area contributed by atoms with Crippen molar-refractivity contribution >= 4 is 0 Å². The summed E-state index contributed by atoms with van der Waals surface area (Å²) in [6.07, 6.45) is 2.15. The molecule has 0 aromatic heterocycles. The molecule has 0 saturated carbocycles. The van der Waals surface area contributed by atoms with Crippen molar-refractivity contribution in [2.45, 2.75) is 52.1 Å². The lowest BCUT2D eigenvalue weighted by Gasteiger charge is -2.21. The molecule has 0 heterocycles. The summed E-state index contributed by atoms with van der Waals surface area (Å²) >= 11 is 0. The summed E-state index contributed by atoms with van der Waals surface area (Å²) in [5, 5.41) is 16.2. The highest BCUT2D eigenvalue weighted by molar-refractivity contribution is 5.25. The third kappa shape index (κ3) is 7.85. The lowest BCUT2D eigenvalue weighted by atomic mass is 10.1. The predicted octanol–water partition coefficient (Wildman–Crippen LogP) is 2.69. The molecule has 1 atom stereocenters. The van der Waals surface area contributed by atoms with Crippen molar-refractivity contribution in [2.75, 3.05) is 13.1 Å². The van der Waals surface area contributed by atoms with Crippen LogP contribution in [0.4, 0.5) is 0 Å². The van der Waals surface area contributed by atoms with Crippen molar-refractivity contribution in [3.05, 3.63) is 29.8 Å². The van der Waals surface area contributed by atoms with E-state index in [0.29, 0.717) is 11.8 Å². The fourth-order valence-electron chi connectivity index (χ4n) is 1.90. The second kappa shape index (κ2) is 7.51. The average Bonchev–Trinajstić information content (AvgIpc) is 2.33. The second-order valence-electron chi connectivity index (χ2n) is 6.24. The molecule has 0 bridgehead atoms. The van der Waals surface area contributed by atoms with Gasteiger partial charge in [0.2, 0.25) is 0 Å². The van der Waals surface area contributed by atoms with E-state index in [-0.39, 0.29) is 5.54 Å². The summed E-state index contributed by atoms with van der Waals surface area (Å²) in [5.41, 5.74) is 1.47. The van der Waals surface area contributed by atoms with Gasteiger partial charge in [-0.3, -0.25) is 0 Å². The highest BCUT2D eigenvalue weighted by atomic mass is 16.3. The first kappa shape index (κ1) is 16.0. The number of phenols is 1. The van der Waals surface area contributed by atoms with Crippen molar-refractivity contribution in [3.8, 4) is 5.75 Å². The lowest BCUT2D eigenvalue weighted by molar-refractivity contribution is 0.409. The van der Waals surface area contributed by atoms with Crippen LogP contribution in [0.15, 0.2) is 24.3 Å². The molecule has 0 saturated heterocycles. The monoisotopic (exact) mass is 264 g/mol. The van der Waals surface area contributed by atoms with Gasteiger partial charge in [0.25, 0.3) is 0 Å². The van der Waals surface area contributed by atoms with E-state index in [9.17, 15) is 5.11 Å². The standard InChI is InChI=1S/C16H28N2O/c1-13(17-11-12-18-16(2,3)4)5-6-14-7-9-15(19)10-8-14/h7-10,13,17-19H,5-6,11-12H2,1-4H3. The summed E-state index contributed by atoms with van der Waals surface area (Å²) in [6, 6.07) is 7.99. The molecule has 1 unspecified atom stereocenters. The topological polar surface area (TPSA) is 44.3 Å². The van der Waals surface area contributed by atoms with Gasteiger partial charge in [0.05, 0.1) is 0 Å². The van der Waals surface area contributed by atoms with E-state index in [2.05, 4.69) is 38.3 Å². The SMILES string of the molecule is CC(CCc1ccc(O)cc1)NCCNC(C)(C)C. The highest BCUT2D eigenvalue weighted by Gasteiger charge is 2.08. The Morgan fingerprint density at radius 2 is 1.74 bits per heavy atom. The molecule has 0 aliphatic heterocycles. The first-order chi connectivity index (χ1) is 8.87. The Kier molecular flexibility index (Phi) is 6.32. The zero-order chi connectivity index (χ0) is 14.3. The Bertz CT molecular complexity index is 354. The Hall–Kier alpha value is -1.06. The molecule has 1 aromatic carbocycles. The van der Waals surface area contributed by atoms with Crippen molar-refractivity contribution in [2.24, 2.45) is 0 Å². The summed E-state index contributed by atoms with van der Waals surface area (Å²) in [4.78, 5) is 0. The van der Waals surface area contributed by atoms with E-state index in [1.165, 1.54) is 5.56 Å². The van der Waals surface area contributed by atoms with Crippen molar-refractivity contribution in [1.82, 2.24) is 10.6 Å². The molecular formula is C16H28N2O. The summed E-state index contributed by atoms with van der Waals surface area (Å²) < 4.78 is 0. The third-order valence-corrected chi connectivity index (χ3v) is 3.08. The van der Waals surface area contributed by atoms with Gasteiger partial charge in [-0.2, -0.15) is 0 Å². The second-order valence-corrected chi connectivity index (χ2v) is 6.24. The summed E-state index contributed by atoms with van der Waals surface area (Å²) in [6.45, 7) is 10.8. The molecule has 0 aliphatic carbocycles. The number of aromatic hydroxyl groups is 1.